The van der Waals surface area contributed by atoms with Crippen molar-refractivity contribution < 1.29 is 9.53 Å². The molecule has 0 atom stereocenters. The molecule has 19 heavy (non-hydrogen) atoms. The number of nitrogens with zero attached hydrogens (tertiary/aromatic N) is 1. The molecule has 1 fully saturated rings. The Hall–Kier alpha value is -1.92. The van der Waals surface area contributed by atoms with Crippen LogP contribution in [0.2, 0.25) is 0 Å². The van der Waals surface area contributed by atoms with Crippen molar-refractivity contribution in [1.82, 2.24) is 10.2 Å². The maximum Gasteiger partial charge on any atom is 0.244 e. The van der Waals surface area contributed by atoms with Gasteiger partial charge in [-0.25, -0.2) is 0 Å². The second-order valence-electron chi connectivity index (χ2n) is 4.86. The molecule has 100 valence electrons. The highest BCUT2D eigenvalue weighted by Gasteiger charge is 2.36. The van der Waals surface area contributed by atoms with Crippen LogP contribution in [0.25, 0.3) is 10.9 Å². The molecule has 1 aromatic heterocycles. The van der Waals surface area contributed by atoms with Gasteiger partial charge >= 0.3 is 0 Å². The van der Waals surface area contributed by atoms with Gasteiger partial charge in [-0.2, -0.15) is 5.10 Å². The number of amides is 1. The van der Waals surface area contributed by atoms with Gasteiger partial charge in [0.25, 0.3) is 0 Å². The van der Waals surface area contributed by atoms with E-state index in [0.717, 1.165) is 10.9 Å². The molecular weight excluding hydrogens is 244 g/mol. The Balaban J connectivity index is 1.84. The van der Waals surface area contributed by atoms with Crippen molar-refractivity contribution in [3.63, 3.8) is 0 Å². The summed E-state index contributed by atoms with van der Waals surface area (Å²) >= 11 is 0. The van der Waals surface area contributed by atoms with E-state index in [1.165, 1.54) is 0 Å². The summed E-state index contributed by atoms with van der Waals surface area (Å²) < 4.78 is 5.25. The number of para-hydroxylation sites is 1. The number of nitrogens with two attached hydrogens (primary N) is 1. The Bertz CT molecular complexity index is 601. The Kier molecular flexibility index (Phi) is 2.96. The van der Waals surface area contributed by atoms with Crippen LogP contribution in [0.15, 0.2) is 24.4 Å². The van der Waals surface area contributed by atoms with Gasteiger partial charge in [0.1, 0.15) is 5.54 Å². The fourth-order valence-electron chi connectivity index (χ4n) is 2.28. The van der Waals surface area contributed by atoms with Crippen molar-refractivity contribution in [2.75, 3.05) is 18.5 Å². The molecule has 1 aliphatic heterocycles. The minimum absolute atomic E-state index is 0.169. The van der Waals surface area contributed by atoms with Gasteiger partial charge in [-0.3, -0.25) is 9.89 Å². The molecule has 0 bridgehead atoms. The van der Waals surface area contributed by atoms with Crippen LogP contribution >= 0.6 is 0 Å². The van der Waals surface area contributed by atoms with Crippen LogP contribution in [0.5, 0.6) is 0 Å². The van der Waals surface area contributed by atoms with Crippen molar-refractivity contribution in [3.8, 4) is 0 Å². The number of rotatable bonds is 2. The number of hydrogen-bond donors (Lipinski definition) is 3. The molecule has 6 nitrogen and oxygen atoms in total. The predicted octanol–water partition coefficient (Wildman–Crippen LogP) is 1.01. The summed E-state index contributed by atoms with van der Waals surface area (Å²) in [5.41, 5.74) is 6.82. The molecule has 1 amide bonds. The first-order valence-corrected chi connectivity index (χ1v) is 6.29. The molecule has 1 aromatic carbocycles. The summed E-state index contributed by atoms with van der Waals surface area (Å²) in [5.74, 6) is -0.169. The van der Waals surface area contributed by atoms with Crippen LogP contribution in [-0.4, -0.2) is 34.9 Å². The van der Waals surface area contributed by atoms with E-state index in [1.807, 2.05) is 18.2 Å². The van der Waals surface area contributed by atoms with Gasteiger partial charge in [0, 0.05) is 18.6 Å². The maximum atomic E-state index is 12.3. The molecule has 0 radical (unpaired) electrons. The Morgan fingerprint density at radius 3 is 3.00 bits per heavy atom. The van der Waals surface area contributed by atoms with E-state index >= 15 is 0 Å². The molecule has 1 saturated heterocycles. The van der Waals surface area contributed by atoms with Crippen molar-refractivity contribution in [2.45, 2.75) is 18.4 Å². The first-order valence-electron chi connectivity index (χ1n) is 6.29. The maximum absolute atomic E-state index is 12.3. The van der Waals surface area contributed by atoms with Gasteiger partial charge in [0.05, 0.1) is 17.4 Å². The lowest BCUT2D eigenvalue weighted by molar-refractivity contribution is -0.124. The van der Waals surface area contributed by atoms with E-state index in [2.05, 4.69) is 15.5 Å². The first kappa shape index (κ1) is 12.1. The number of carbonyl (C=O) groups is 1. The fraction of sp³-hybridized carbons (Fsp3) is 0.385. The molecule has 3 rings (SSSR count). The quantitative estimate of drug-likeness (QED) is 0.751. The monoisotopic (exact) mass is 260 g/mol. The van der Waals surface area contributed by atoms with E-state index in [0.29, 0.717) is 31.7 Å². The van der Waals surface area contributed by atoms with E-state index in [9.17, 15) is 4.79 Å². The van der Waals surface area contributed by atoms with E-state index < -0.39 is 5.54 Å². The number of aromatic nitrogens is 2. The topological polar surface area (TPSA) is 93.0 Å². The Labute approximate surface area is 110 Å². The van der Waals surface area contributed by atoms with Gasteiger partial charge in [0.15, 0.2) is 0 Å². The summed E-state index contributed by atoms with van der Waals surface area (Å²) in [6.07, 6.45) is 2.80. The van der Waals surface area contributed by atoms with Crippen molar-refractivity contribution in [3.05, 3.63) is 24.4 Å². The van der Waals surface area contributed by atoms with Gasteiger partial charge in [-0.15, -0.1) is 0 Å². The number of aromatic amines is 1. The summed E-state index contributed by atoms with van der Waals surface area (Å²) in [5, 5.41) is 10.7. The number of hydrogen-bond acceptors (Lipinski definition) is 4. The lowest BCUT2D eigenvalue weighted by Crippen LogP contribution is -2.54. The van der Waals surface area contributed by atoms with Crippen LogP contribution < -0.4 is 11.1 Å². The molecule has 0 spiro atoms. The van der Waals surface area contributed by atoms with Gasteiger partial charge < -0.3 is 15.8 Å². The third-order valence-electron chi connectivity index (χ3n) is 3.56. The highest BCUT2D eigenvalue weighted by atomic mass is 16.5. The fourth-order valence-corrected chi connectivity index (χ4v) is 2.28. The van der Waals surface area contributed by atoms with Crippen LogP contribution in [-0.2, 0) is 9.53 Å². The second kappa shape index (κ2) is 4.64. The van der Waals surface area contributed by atoms with Crippen LogP contribution in [0.3, 0.4) is 0 Å². The summed E-state index contributed by atoms with van der Waals surface area (Å²) in [7, 11) is 0. The minimum Gasteiger partial charge on any atom is -0.381 e. The SMILES string of the molecule is NC1(C(=O)Nc2cccc3cn[nH]c23)CCOCC1. The molecule has 0 unspecified atom stereocenters. The van der Waals surface area contributed by atoms with Crippen LogP contribution in [0.1, 0.15) is 12.8 Å². The zero-order valence-corrected chi connectivity index (χ0v) is 10.5. The largest absolute Gasteiger partial charge is 0.381 e. The molecule has 2 aromatic rings. The smallest absolute Gasteiger partial charge is 0.244 e. The zero-order valence-electron chi connectivity index (χ0n) is 10.5. The van der Waals surface area contributed by atoms with Crippen molar-refractivity contribution >= 4 is 22.5 Å². The van der Waals surface area contributed by atoms with Crippen molar-refractivity contribution in [2.24, 2.45) is 5.73 Å². The highest BCUT2D eigenvalue weighted by Crippen LogP contribution is 2.24. The number of benzene rings is 1. The third-order valence-corrected chi connectivity index (χ3v) is 3.56. The average Bonchev–Trinajstić information content (AvgIpc) is 2.89. The Morgan fingerprint density at radius 2 is 2.21 bits per heavy atom. The van der Waals surface area contributed by atoms with Crippen molar-refractivity contribution in [1.29, 1.82) is 0 Å². The zero-order chi connectivity index (χ0) is 13.3. The van der Waals surface area contributed by atoms with Gasteiger partial charge in [-0.05, 0) is 18.9 Å². The molecular formula is C13H16N4O2. The molecule has 0 saturated carbocycles. The third kappa shape index (κ3) is 2.20. The average molecular weight is 260 g/mol. The number of fused-ring (bicyclic) bond motifs is 1. The van der Waals surface area contributed by atoms with Gasteiger partial charge in [-0.1, -0.05) is 12.1 Å². The summed E-state index contributed by atoms with van der Waals surface area (Å²) in [6, 6.07) is 5.64. The lowest BCUT2D eigenvalue weighted by Gasteiger charge is -2.31. The normalized spacial score (nSPS) is 18.4. The molecule has 0 aliphatic carbocycles. The number of ether oxygens (including phenoxy) is 1. The molecule has 1 aliphatic rings. The summed E-state index contributed by atoms with van der Waals surface area (Å²) in [4.78, 5) is 12.3. The lowest BCUT2D eigenvalue weighted by atomic mass is 9.90. The van der Waals surface area contributed by atoms with E-state index in [4.69, 9.17) is 10.5 Å². The van der Waals surface area contributed by atoms with Gasteiger partial charge in [0.2, 0.25) is 5.91 Å². The molecule has 2 heterocycles. The second-order valence-corrected chi connectivity index (χ2v) is 4.86. The predicted molar refractivity (Wildman–Crippen MR) is 71.7 cm³/mol. The number of nitrogens with one attached hydrogen (secondary N) is 2. The standard InChI is InChI=1S/C13H16N4O2/c14-13(4-6-19-7-5-13)12(18)16-10-3-1-2-9-8-15-17-11(9)10/h1-3,8H,4-7,14H2,(H,15,17)(H,16,18). The number of carbonyl (C=O) groups excluding carboxylic acids is 1. The minimum atomic E-state index is -0.847. The van der Waals surface area contributed by atoms with E-state index in [-0.39, 0.29) is 5.91 Å². The highest BCUT2D eigenvalue weighted by molar-refractivity contribution is 6.03. The van der Waals surface area contributed by atoms with Crippen LogP contribution in [0, 0.1) is 0 Å². The molecule has 6 heteroatoms. The molecule has 4 N–H and O–H groups in total. The van der Waals surface area contributed by atoms with Crippen LogP contribution in [0.4, 0.5) is 5.69 Å². The number of H-pyrrole nitrogens is 1. The van der Waals surface area contributed by atoms with E-state index in [1.54, 1.807) is 6.20 Å². The Morgan fingerprint density at radius 1 is 1.42 bits per heavy atom. The summed E-state index contributed by atoms with van der Waals surface area (Å²) in [6.45, 7) is 1.05. The first-order chi connectivity index (χ1) is 9.19. The number of anilines is 1.